The minimum Gasteiger partial charge on any atom is -0.206 e. The molecule has 5 rings (SSSR count). The summed E-state index contributed by atoms with van der Waals surface area (Å²) in [6, 6.07) is 3.66. The standard InChI is InChI=1S/C27H7F13/c28-12-3-1-2-9-18(20-23(34)25(36)21(27(38,39)40)26(37)24(20)35)11-7-14(30)13(29)6-10(11)17(19(9)12)8-4-15(31)22(33)16(32)5-8/h1-7H. The van der Waals surface area contributed by atoms with Crippen molar-refractivity contribution in [2.45, 2.75) is 6.18 Å². The first kappa shape index (κ1) is 27.3. The van der Waals surface area contributed by atoms with Crippen LogP contribution in [0.1, 0.15) is 5.56 Å². The van der Waals surface area contributed by atoms with Crippen molar-refractivity contribution in [1.82, 2.24) is 0 Å². The first-order chi connectivity index (χ1) is 18.6. The van der Waals surface area contributed by atoms with Crippen LogP contribution in [0.25, 0.3) is 43.8 Å². The maximum absolute atomic E-state index is 15.3. The van der Waals surface area contributed by atoms with Crippen LogP contribution in [0.5, 0.6) is 0 Å². The first-order valence-electron chi connectivity index (χ1n) is 10.8. The number of rotatable bonds is 2. The SMILES string of the molecule is Fc1cc2c(-c3c(F)c(F)c(C(F)(F)F)c(F)c3F)c3cccc(F)c3c(-c3cc(F)c(F)c(F)c3)c2cc1F. The highest BCUT2D eigenvalue weighted by Gasteiger charge is 2.43. The van der Waals surface area contributed by atoms with E-state index in [1.165, 1.54) is 0 Å². The van der Waals surface area contributed by atoms with E-state index in [1.54, 1.807) is 0 Å². The molecule has 0 spiro atoms. The summed E-state index contributed by atoms with van der Waals surface area (Å²) in [5.41, 5.74) is -7.22. The van der Waals surface area contributed by atoms with Gasteiger partial charge >= 0.3 is 6.18 Å². The predicted molar refractivity (Wildman–Crippen MR) is 117 cm³/mol. The Hall–Kier alpha value is -4.29. The molecule has 5 aromatic carbocycles. The van der Waals surface area contributed by atoms with Crippen LogP contribution in [0.4, 0.5) is 57.1 Å². The van der Waals surface area contributed by atoms with Gasteiger partial charge in [-0.05, 0) is 52.1 Å². The van der Waals surface area contributed by atoms with Crippen LogP contribution in [0.3, 0.4) is 0 Å². The Bertz CT molecular complexity index is 1840. The molecule has 5 aromatic rings. The van der Waals surface area contributed by atoms with Crippen molar-refractivity contribution in [3.05, 3.63) is 106 Å². The Morgan fingerprint density at radius 1 is 0.425 bits per heavy atom. The van der Waals surface area contributed by atoms with Gasteiger partial charge in [-0.25, -0.2) is 43.9 Å². The van der Waals surface area contributed by atoms with E-state index in [0.717, 1.165) is 12.1 Å². The monoisotopic (exact) mass is 578 g/mol. The van der Waals surface area contributed by atoms with E-state index in [9.17, 15) is 43.9 Å². The smallest absolute Gasteiger partial charge is 0.206 e. The van der Waals surface area contributed by atoms with Crippen LogP contribution in [0.2, 0.25) is 0 Å². The summed E-state index contributed by atoms with van der Waals surface area (Å²) in [5, 5.41) is -3.18. The Kier molecular flexibility index (Phi) is 6.23. The molecule has 0 radical (unpaired) electrons. The summed E-state index contributed by atoms with van der Waals surface area (Å²) in [7, 11) is 0. The highest BCUT2D eigenvalue weighted by Crippen LogP contribution is 2.48. The Morgan fingerprint density at radius 3 is 1.43 bits per heavy atom. The number of hydrogen-bond donors (Lipinski definition) is 0. The quantitative estimate of drug-likeness (QED) is 0.0847. The Labute approximate surface area is 213 Å². The molecule has 0 N–H and O–H groups in total. The third-order valence-corrected chi connectivity index (χ3v) is 6.20. The molecule has 13 heteroatoms. The molecule has 0 aromatic heterocycles. The summed E-state index contributed by atoms with van der Waals surface area (Å²) < 4.78 is 185. The average Bonchev–Trinajstić information content (AvgIpc) is 2.86. The van der Waals surface area contributed by atoms with Crippen LogP contribution in [0, 0.1) is 58.2 Å². The maximum Gasteiger partial charge on any atom is 0.422 e. The van der Waals surface area contributed by atoms with Gasteiger partial charge in [-0.3, -0.25) is 0 Å². The fourth-order valence-corrected chi connectivity index (χ4v) is 4.60. The molecule has 0 fully saturated rings. The van der Waals surface area contributed by atoms with Gasteiger partial charge in [0.05, 0.1) is 5.56 Å². The molecular weight excluding hydrogens is 571 g/mol. The highest BCUT2D eigenvalue weighted by molar-refractivity contribution is 6.21. The van der Waals surface area contributed by atoms with Gasteiger partial charge in [-0.15, -0.1) is 0 Å². The van der Waals surface area contributed by atoms with Crippen molar-refractivity contribution >= 4 is 21.5 Å². The summed E-state index contributed by atoms with van der Waals surface area (Å²) in [6.45, 7) is 0. The Morgan fingerprint density at radius 2 is 0.925 bits per heavy atom. The maximum atomic E-state index is 15.3. The highest BCUT2D eigenvalue weighted by atomic mass is 19.4. The van der Waals surface area contributed by atoms with Crippen molar-refractivity contribution in [2.75, 3.05) is 0 Å². The average molecular weight is 578 g/mol. The van der Waals surface area contributed by atoms with Gasteiger partial charge in [-0.1, -0.05) is 12.1 Å². The number of alkyl halides is 3. The number of fused-ring (bicyclic) bond motifs is 2. The van der Waals surface area contributed by atoms with Crippen LogP contribution in [-0.4, -0.2) is 0 Å². The van der Waals surface area contributed by atoms with E-state index >= 15 is 13.2 Å². The van der Waals surface area contributed by atoms with Gasteiger partial charge in [0.15, 0.2) is 52.4 Å². The second-order valence-corrected chi connectivity index (χ2v) is 8.48. The van der Waals surface area contributed by atoms with Crippen molar-refractivity contribution < 1.29 is 57.1 Å². The van der Waals surface area contributed by atoms with Crippen LogP contribution in [0.15, 0.2) is 42.5 Å². The van der Waals surface area contributed by atoms with E-state index < -0.39 is 114 Å². The van der Waals surface area contributed by atoms with Crippen molar-refractivity contribution in [3.8, 4) is 22.3 Å². The molecule has 40 heavy (non-hydrogen) atoms. The lowest BCUT2D eigenvalue weighted by atomic mass is 9.84. The van der Waals surface area contributed by atoms with Crippen LogP contribution >= 0.6 is 0 Å². The molecule has 0 aliphatic heterocycles. The zero-order chi connectivity index (χ0) is 29.4. The van der Waals surface area contributed by atoms with Crippen molar-refractivity contribution in [2.24, 2.45) is 0 Å². The molecule has 0 unspecified atom stereocenters. The second kappa shape index (κ2) is 9.14. The van der Waals surface area contributed by atoms with Gasteiger partial charge in [0.25, 0.3) is 0 Å². The Balaban J connectivity index is 2.09. The van der Waals surface area contributed by atoms with E-state index in [2.05, 4.69) is 0 Å². The van der Waals surface area contributed by atoms with Crippen LogP contribution < -0.4 is 0 Å². The number of halogens is 13. The third kappa shape index (κ3) is 3.94. The molecule has 206 valence electrons. The molecule has 0 aliphatic rings. The zero-order valence-corrected chi connectivity index (χ0v) is 19.0. The largest absolute Gasteiger partial charge is 0.422 e. The van der Waals surface area contributed by atoms with E-state index in [1.807, 2.05) is 0 Å². The van der Waals surface area contributed by atoms with Crippen LogP contribution in [-0.2, 0) is 6.18 Å². The predicted octanol–water partition coefficient (Wildman–Crippen LogP) is 9.74. The minimum absolute atomic E-state index is 0.233. The molecule has 0 saturated heterocycles. The number of benzene rings is 5. The second-order valence-electron chi connectivity index (χ2n) is 8.48. The lowest BCUT2D eigenvalue weighted by molar-refractivity contribution is -0.143. The van der Waals surface area contributed by atoms with E-state index in [-0.39, 0.29) is 6.07 Å². The fourth-order valence-electron chi connectivity index (χ4n) is 4.60. The molecular formula is C27H7F13. The molecule has 0 saturated carbocycles. The molecule has 0 atom stereocenters. The van der Waals surface area contributed by atoms with Gasteiger partial charge < -0.3 is 0 Å². The normalized spacial score (nSPS) is 12.1. The first-order valence-corrected chi connectivity index (χ1v) is 10.8. The molecule has 0 nitrogen and oxygen atoms in total. The molecule has 0 aliphatic carbocycles. The fraction of sp³-hybridized carbons (Fsp3) is 0.0370. The summed E-state index contributed by atoms with van der Waals surface area (Å²) in [5.74, 6) is -21.3. The lowest BCUT2D eigenvalue weighted by Gasteiger charge is -2.20. The number of hydrogen-bond acceptors (Lipinski definition) is 0. The van der Waals surface area contributed by atoms with Gasteiger partial charge in [0, 0.05) is 16.5 Å². The minimum atomic E-state index is -5.90. The molecule has 0 bridgehead atoms. The summed E-state index contributed by atoms with van der Waals surface area (Å²) in [6.07, 6.45) is -5.90. The lowest BCUT2D eigenvalue weighted by Crippen LogP contribution is -2.16. The third-order valence-electron chi connectivity index (χ3n) is 6.20. The zero-order valence-electron chi connectivity index (χ0n) is 19.0. The molecule has 0 heterocycles. The van der Waals surface area contributed by atoms with Gasteiger partial charge in [0.1, 0.15) is 11.4 Å². The van der Waals surface area contributed by atoms with Gasteiger partial charge in [-0.2, -0.15) is 13.2 Å². The van der Waals surface area contributed by atoms with E-state index in [0.29, 0.717) is 24.3 Å². The van der Waals surface area contributed by atoms with E-state index in [4.69, 9.17) is 0 Å². The summed E-state index contributed by atoms with van der Waals surface area (Å²) >= 11 is 0. The van der Waals surface area contributed by atoms with Gasteiger partial charge in [0.2, 0.25) is 0 Å². The molecule has 0 amide bonds. The summed E-state index contributed by atoms with van der Waals surface area (Å²) in [4.78, 5) is 0. The topological polar surface area (TPSA) is 0 Å². The van der Waals surface area contributed by atoms with Crippen molar-refractivity contribution in [1.29, 1.82) is 0 Å². The van der Waals surface area contributed by atoms with Crippen molar-refractivity contribution in [3.63, 3.8) is 0 Å².